The van der Waals surface area contributed by atoms with Gasteiger partial charge >= 0.3 is 0 Å². The number of nitrogens with zero attached hydrogens (tertiary/aromatic N) is 1. The van der Waals surface area contributed by atoms with Gasteiger partial charge in [-0.1, -0.05) is 13.8 Å². The molecule has 2 aliphatic rings. The molecule has 2 rings (SSSR count). The molecule has 2 aliphatic heterocycles. The Morgan fingerprint density at radius 2 is 2.28 bits per heavy atom. The van der Waals surface area contributed by atoms with Crippen LogP contribution in [0.25, 0.3) is 0 Å². The van der Waals surface area contributed by atoms with Crippen LogP contribution < -0.4 is 5.32 Å². The second-order valence-electron chi connectivity index (χ2n) is 5.47. The maximum Gasteiger partial charge on any atom is 0.224 e. The molecule has 0 radical (unpaired) electrons. The molecular formula is C13H25ClN2O2. The van der Waals surface area contributed by atoms with Crippen LogP contribution in [0, 0.1) is 5.92 Å². The van der Waals surface area contributed by atoms with Crippen molar-refractivity contribution in [3.63, 3.8) is 0 Å². The van der Waals surface area contributed by atoms with Gasteiger partial charge in [0.1, 0.15) is 0 Å². The van der Waals surface area contributed by atoms with Crippen LogP contribution in [0.15, 0.2) is 0 Å². The average molecular weight is 277 g/mol. The zero-order chi connectivity index (χ0) is 12.3. The Bertz CT molecular complexity index is 268. The fraction of sp³-hybridized carbons (Fsp3) is 0.923. The third-order valence-corrected chi connectivity index (χ3v) is 3.81. The van der Waals surface area contributed by atoms with Gasteiger partial charge in [0.25, 0.3) is 0 Å². The lowest BCUT2D eigenvalue weighted by atomic mass is 10.0. The van der Waals surface area contributed by atoms with Crippen LogP contribution in [0.2, 0.25) is 0 Å². The Morgan fingerprint density at radius 3 is 2.89 bits per heavy atom. The molecular weight excluding hydrogens is 252 g/mol. The van der Waals surface area contributed by atoms with Crippen LogP contribution in [0.1, 0.15) is 33.1 Å². The molecule has 1 N–H and O–H groups in total. The van der Waals surface area contributed by atoms with Gasteiger partial charge in [-0.2, -0.15) is 0 Å². The van der Waals surface area contributed by atoms with E-state index in [1.54, 1.807) is 0 Å². The fourth-order valence-electron chi connectivity index (χ4n) is 2.87. The Balaban J connectivity index is 0.00000162. The minimum Gasteiger partial charge on any atom is -0.378 e. The van der Waals surface area contributed by atoms with Crippen molar-refractivity contribution in [2.75, 3.05) is 26.3 Å². The van der Waals surface area contributed by atoms with Gasteiger partial charge in [-0.3, -0.25) is 4.79 Å². The van der Waals surface area contributed by atoms with Crippen LogP contribution in [-0.2, 0) is 9.53 Å². The molecule has 0 saturated carbocycles. The smallest absolute Gasteiger partial charge is 0.224 e. The SMILES string of the molecule is CC(C)C1CCCN1C(=O)CC1COCCN1.Cl. The molecule has 2 unspecified atom stereocenters. The number of rotatable bonds is 3. The van der Waals surface area contributed by atoms with Crippen molar-refractivity contribution in [2.45, 2.75) is 45.2 Å². The first-order chi connectivity index (χ1) is 8.18. The molecule has 0 aromatic heterocycles. The van der Waals surface area contributed by atoms with Crippen LogP contribution in [0.3, 0.4) is 0 Å². The van der Waals surface area contributed by atoms with Gasteiger partial charge in [-0.05, 0) is 18.8 Å². The summed E-state index contributed by atoms with van der Waals surface area (Å²) in [6.07, 6.45) is 2.91. The number of carbonyl (C=O) groups excluding carboxylic acids is 1. The van der Waals surface area contributed by atoms with Gasteiger partial charge in [0.15, 0.2) is 0 Å². The van der Waals surface area contributed by atoms with Crippen molar-refractivity contribution in [1.82, 2.24) is 10.2 Å². The Labute approximate surface area is 116 Å². The van der Waals surface area contributed by atoms with Gasteiger partial charge in [-0.25, -0.2) is 0 Å². The third-order valence-electron chi connectivity index (χ3n) is 3.81. The lowest BCUT2D eigenvalue weighted by Crippen LogP contribution is -2.46. The van der Waals surface area contributed by atoms with E-state index in [0.717, 1.165) is 32.5 Å². The van der Waals surface area contributed by atoms with Crippen LogP contribution in [-0.4, -0.2) is 49.2 Å². The normalized spacial score (nSPS) is 28.3. The third kappa shape index (κ3) is 3.84. The minimum absolute atomic E-state index is 0. The van der Waals surface area contributed by atoms with Crippen LogP contribution in [0.4, 0.5) is 0 Å². The Hall–Kier alpha value is -0.320. The van der Waals surface area contributed by atoms with Crippen molar-refractivity contribution in [1.29, 1.82) is 0 Å². The fourth-order valence-corrected chi connectivity index (χ4v) is 2.87. The molecule has 18 heavy (non-hydrogen) atoms. The van der Waals surface area contributed by atoms with Gasteiger partial charge in [-0.15, -0.1) is 12.4 Å². The zero-order valence-electron chi connectivity index (χ0n) is 11.4. The summed E-state index contributed by atoms with van der Waals surface area (Å²) in [6, 6.07) is 0.664. The Morgan fingerprint density at radius 1 is 1.50 bits per heavy atom. The molecule has 4 nitrogen and oxygen atoms in total. The number of hydrogen-bond donors (Lipinski definition) is 1. The maximum absolute atomic E-state index is 12.3. The van der Waals surface area contributed by atoms with Gasteiger partial charge in [0.05, 0.1) is 13.2 Å². The maximum atomic E-state index is 12.3. The van der Waals surface area contributed by atoms with E-state index in [1.165, 1.54) is 0 Å². The number of hydrogen-bond acceptors (Lipinski definition) is 3. The van der Waals surface area contributed by atoms with E-state index in [0.29, 0.717) is 30.9 Å². The van der Waals surface area contributed by atoms with E-state index in [-0.39, 0.29) is 18.4 Å². The number of ether oxygens (including phenoxy) is 1. The summed E-state index contributed by atoms with van der Waals surface area (Å²) in [5, 5.41) is 3.35. The van der Waals surface area contributed by atoms with Crippen molar-refractivity contribution < 1.29 is 9.53 Å². The number of nitrogens with one attached hydrogen (secondary N) is 1. The van der Waals surface area contributed by atoms with Crippen molar-refractivity contribution >= 4 is 18.3 Å². The first kappa shape index (κ1) is 15.7. The summed E-state index contributed by atoms with van der Waals surface area (Å²) in [7, 11) is 0. The van der Waals surface area contributed by atoms with Crippen molar-refractivity contribution in [3.8, 4) is 0 Å². The average Bonchev–Trinajstić information content (AvgIpc) is 2.79. The highest BCUT2D eigenvalue weighted by Gasteiger charge is 2.31. The molecule has 0 aliphatic carbocycles. The second-order valence-corrected chi connectivity index (χ2v) is 5.47. The van der Waals surface area contributed by atoms with E-state index < -0.39 is 0 Å². The molecule has 1 amide bonds. The summed E-state index contributed by atoms with van der Waals surface area (Å²) in [5.74, 6) is 0.862. The zero-order valence-corrected chi connectivity index (χ0v) is 12.2. The van der Waals surface area contributed by atoms with E-state index in [2.05, 4.69) is 24.1 Å². The molecule has 2 saturated heterocycles. The molecule has 0 spiro atoms. The highest BCUT2D eigenvalue weighted by Crippen LogP contribution is 2.24. The van der Waals surface area contributed by atoms with Gasteiger partial charge in [0, 0.05) is 31.6 Å². The number of halogens is 1. The van der Waals surface area contributed by atoms with E-state index in [4.69, 9.17) is 4.74 Å². The molecule has 5 heteroatoms. The minimum atomic E-state index is 0. The molecule has 106 valence electrons. The Kier molecular flexibility index (Phi) is 6.39. The summed E-state index contributed by atoms with van der Waals surface area (Å²) in [4.78, 5) is 14.3. The lowest BCUT2D eigenvalue weighted by Gasteiger charge is -2.30. The number of likely N-dealkylation sites (tertiary alicyclic amines) is 1. The topological polar surface area (TPSA) is 41.6 Å². The quantitative estimate of drug-likeness (QED) is 0.848. The number of amides is 1. The summed E-state index contributed by atoms with van der Waals surface area (Å²) in [6.45, 7) is 7.66. The van der Waals surface area contributed by atoms with Crippen molar-refractivity contribution in [3.05, 3.63) is 0 Å². The van der Waals surface area contributed by atoms with Crippen LogP contribution >= 0.6 is 12.4 Å². The lowest BCUT2D eigenvalue weighted by molar-refractivity contribution is -0.134. The van der Waals surface area contributed by atoms with E-state index >= 15 is 0 Å². The second kappa shape index (κ2) is 7.31. The summed E-state index contributed by atoms with van der Waals surface area (Å²) >= 11 is 0. The first-order valence-electron chi connectivity index (χ1n) is 6.79. The van der Waals surface area contributed by atoms with Crippen LogP contribution in [0.5, 0.6) is 0 Å². The highest BCUT2D eigenvalue weighted by molar-refractivity contribution is 5.85. The standard InChI is InChI=1S/C13H24N2O2.ClH/c1-10(2)12-4-3-6-15(12)13(16)8-11-9-17-7-5-14-11;/h10-12,14H,3-9H2,1-2H3;1H. The van der Waals surface area contributed by atoms with E-state index in [9.17, 15) is 4.79 Å². The van der Waals surface area contributed by atoms with E-state index in [1.807, 2.05) is 0 Å². The summed E-state index contributed by atoms with van der Waals surface area (Å²) < 4.78 is 5.39. The predicted molar refractivity (Wildman–Crippen MR) is 74.0 cm³/mol. The van der Waals surface area contributed by atoms with Crippen molar-refractivity contribution in [2.24, 2.45) is 5.92 Å². The van der Waals surface area contributed by atoms with Gasteiger partial charge < -0.3 is 15.0 Å². The number of morpholine rings is 1. The molecule has 2 fully saturated rings. The highest BCUT2D eigenvalue weighted by atomic mass is 35.5. The summed E-state index contributed by atoms with van der Waals surface area (Å²) in [5.41, 5.74) is 0. The predicted octanol–water partition coefficient (Wildman–Crippen LogP) is 1.43. The molecule has 2 heterocycles. The molecule has 2 atom stereocenters. The largest absolute Gasteiger partial charge is 0.378 e. The van der Waals surface area contributed by atoms with Gasteiger partial charge in [0.2, 0.25) is 5.91 Å². The molecule has 0 aromatic rings. The molecule has 0 aromatic carbocycles. The monoisotopic (exact) mass is 276 g/mol. The first-order valence-corrected chi connectivity index (χ1v) is 6.79. The molecule has 0 bridgehead atoms. The number of carbonyl (C=O) groups is 1.